The minimum atomic E-state index is -0.326. The summed E-state index contributed by atoms with van der Waals surface area (Å²) >= 11 is 13.8. The van der Waals surface area contributed by atoms with Gasteiger partial charge in [-0.1, -0.05) is 23.2 Å². The number of nitrogens with one attached hydrogen (secondary N) is 1. The lowest BCUT2D eigenvalue weighted by Gasteiger charge is -2.14. The number of amides is 1. The van der Waals surface area contributed by atoms with Crippen LogP contribution in [0.15, 0.2) is 60.7 Å². The van der Waals surface area contributed by atoms with Crippen LogP contribution < -0.4 is 5.32 Å². The summed E-state index contributed by atoms with van der Waals surface area (Å²) in [4.78, 5) is 25.1. The molecule has 35 heavy (non-hydrogen) atoms. The van der Waals surface area contributed by atoms with Gasteiger partial charge in [0.2, 0.25) is 0 Å². The molecule has 0 saturated carbocycles. The van der Waals surface area contributed by atoms with Crippen molar-refractivity contribution in [3.05, 3.63) is 86.3 Å². The van der Waals surface area contributed by atoms with E-state index in [0.717, 1.165) is 21.7 Å². The lowest BCUT2D eigenvalue weighted by Crippen LogP contribution is -2.24. The molecule has 0 aliphatic rings. The van der Waals surface area contributed by atoms with Crippen LogP contribution in [0.4, 0.5) is 4.39 Å². The van der Waals surface area contributed by atoms with Crippen molar-refractivity contribution in [2.75, 3.05) is 6.54 Å². The topological polar surface area (TPSA) is 64.0 Å². The van der Waals surface area contributed by atoms with Crippen LogP contribution in [0.25, 0.3) is 22.5 Å². The second-order valence-corrected chi connectivity index (χ2v) is 10.1. The fourth-order valence-electron chi connectivity index (χ4n) is 3.63. The maximum atomic E-state index is 13.6. The van der Waals surface area contributed by atoms with Crippen LogP contribution in [0.2, 0.25) is 10.0 Å². The van der Waals surface area contributed by atoms with Crippen LogP contribution in [0.1, 0.15) is 40.9 Å². The third-order valence-electron chi connectivity index (χ3n) is 5.43. The number of benzene rings is 2. The smallest absolute Gasteiger partial charge is 0.261 e. The number of ketones is 1. The Morgan fingerprint density at radius 3 is 2.37 bits per heavy atom. The van der Waals surface area contributed by atoms with Crippen molar-refractivity contribution in [1.29, 1.82) is 0 Å². The van der Waals surface area contributed by atoms with E-state index in [-0.39, 0.29) is 23.5 Å². The number of hydrogen-bond donors (Lipinski definition) is 1. The van der Waals surface area contributed by atoms with E-state index in [2.05, 4.69) is 5.32 Å². The molecular formula is C26H22Cl2FN3O2S. The summed E-state index contributed by atoms with van der Waals surface area (Å²) < 4.78 is 15.4. The van der Waals surface area contributed by atoms with Crippen LogP contribution in [0.3, 0.4) is 0 Å². The Balaban J connectivity index is 1.69. The van der Waals surface area contributed by atoms with Gasteiger partial charge < -0.3 is 5.32 Å². The summed E-state index contributed by atoms with van der Waals surface area (Å²) in [6, 6.07) is 16.8. The van der Waals surface area contributed by atoms with Crippen molar-refractivity contribution in [2.24, 2.45) is 0 Å². The van der Waals surface area contributed by atoms with Crippen LogP contribution >= 0.6 is 34.5 Å². The number of nitrogens with zero attached hydrogens (tertiary/aromatic N) is 2. The summed E-state index contributed by atoms with van der Waals surface area (Å²) in [5, 5.41) is 8.60. The largest absolute Gasteiger partial charge is 0.351 e. The lowest BCUT2D eigenvalue weighted by molar-refractivity contribution is -0.116. The van der Waals surface area contributed by atoms with Crippen LogP contribution in [0, 0.1) is 5.82 Å². The predicted molar refractivity (Wildman–Crippen MR) is 139 cm³/mol. The maximum Gasteiger partial charge on any atom is 0.261 e. The summed E-state index contributed by atoms with van der Waals surface area (Å²) in [7, 11) is 0. The Labute approximate surface area is 216 Å². The molecule has 0 bridgehead atoms. The van der Waals surface area contributed by atoms with E-state index in [4.69, 9.17) is 28.3 Å². The molecule has 2 heterocycles. The second-order valence-electron chi connectivity index (χ2n) is 8.11. The van der Waals surface area contributed by atoms with Crippen molar-refractivity contribution in [3.8, 4) is 22.5 Å². The van der Waals surface area contributed by atoms with E-state index in [1.54, 1.807) is 36.4 Å². The van der Waals surface area contributed by atoms with E-state index in [0.29, 0.717) is 33.6 Å². The highest BCUT2D eigenvalue weighted by Crippen LogP contribution is 2.35. The van der Waals surface area contributed by atoms with E-state index < -0.39 is 0 Å². The van der Waals surface area contributed by atoms with E-state index in [1.807, 2.05) is 23.7 Å². The van der Waals surface area contributed by atoms with Crippen molar-refractivity contribution in [2.45, 2.75) is 26.3 Å². The number of hydrogen-bond acceptors (Lipinski definition) is 4. The third-order valence-corrected chi connectivity index (χ3v) is 7.12. The Morgan fingerprint density at radius 1 is 1.03 bits per heavy atom. The molecule has 0 spiro atoms. The molecule has 1 N–H and O–H groups in total. The number of aromatic nitrogens is 2. The number of thiophene rings is 1. The van der Waals surface area contributed by atoms with Gasteiger partial charge in [-0.3, -0.25) is 14.3 Å². The van der Waals surface area contributed by atoms with E-state index >= 15 is 0 Å². The maximum absolute atomic E-state index is 13.6. The van der Waals surface area contributed by atoms with Gasteiger partial charge in [-0.25, -0.2) is 4.39 Å². The summed E-state index contributed by atoms with van der Waals surface area (Å²) in [6.45, 7) is 3.78. The Bertz CT molecular complexity index is 1360. The summed E-state index contributed by atoms with van der Waals surface area (Å²) in [6.07, 6.45) is 0.297. The Morgan fingerprint density at radius 2 is 1.71 bits per heavy atom. The lowest BCUT2D eigenvalue weighted by atomic mass is 10.1. The molecular weight excluding hydrogens is 508 g/mol. The first-order chi connectivity index (χ1) is 16.7. The Hall–Kier alpha value is -3.00. The van der Waals surface area contributed by atoms with Crippen molar-refractivity contribution in [3.63, 3.8) is 0 Å². The fourth-order valence-corrected chi connectivity index (χ4v) is 5.12. The minimum Gasteiger partial charge on any atom is -0.351 e. The van der Waals surface area contributed by atoms with Gasteiger partial charge in [-0.15, -0.1) is 11.3 Å². The number of carbonyl (C=O) groups excluding carboxylic acids is 2. The third kappa shape index (κ3) is 5.99. The monoisotopic (exact) mass is 529 g/mol. The molecule has 0 saturated heterocycles. The zero-order chi connectivity index (χ0) is 25.1. The number of carbonyl (C=O) groups is 2. The predicted octanol–water partition coefficient (Wildman–Crippen LogP) is 7.04. The molecule has 5 nitrogen and oxygen atoms in total. The molecule has 4 rings (SSSR count). The van der Waals surface area contributed by atoms with Gasteiger partial charge in [-0.2, -0.15) is 5.10 Å². The van der Waals surface area contributed by atoms with Gasteiger partial charge in [0, 0.05) is 39.0 Å². The van der Waals surface area contributed by atoms with Gasteiger partial charge >= 0.3 is 0 Å². The molecule has 2 aromatic heterocycles. The van der Waals surface area contributed by atoms with Crippen molar-refractivity contribution in [1.82, 2.24) is 15.1 Å². The van der Waals surface area contributed by atoms with Gasteiger partial charge in [-0.05, 0) is 74.5 Å². The standard InChI is InChI=1S/C26H22Cl2FN3O2S/c1-15(33)9-10-30-26(34)25-8-7-24(35-25)16(2)32-23(17-3-5-21(29)6-4-17)14-22(31-32)18-11-19(27)13-20(28)12-18/h3-8,11-14,16H,9-10H2,1-2H3,(H,30,34). The fraction of sp³-hybridized carbons (Fsp3) is 0.192. The first-order valence-corrected chi connectivity index (χ1v) is 12.5. The highest BCUT2D eigenvalue weighted by Gasteiger charge is 2.20. The molecule has 1 unspecified atom stereocenters. The average molecular weight is 530 g/mol. The zero-order valence-corrected chi connectivity index (χ0v) is 21.3. The molecule has 0 radical (unpaired) electrons. The minimum absolute atomic E-state index is 0.0228. The number of rotatable bonds is 8. The van der Waals surface area contributed by atoms with Gasteiger partial charge in [0.05, 0.1) is 22.3 Å². The SMILES string of the molecule is CC(=O)CCNC(=O)c1ccc(C(C)n2nc(-c3cc(Cl)cc(Cl)c3)cc2-c2ccc(F)cc2)s1. The van der Waals surface area contributed by atoms with Crippen LogP contribution in [0.5, 0.6) is 0 Å². The molecule has 180 valence electrons. The van der Waals surface area contributed by atoms with Gasteiger partial charge in [0.25, 0.3) is 5.91 Å². The Kier molecular flexibility index (Phi) is 7.69. The molecule has 4 aromatic rings. The van der Waals surface area contributed by atoms with Gasteiger partial charge in [0.1, 0.15) is 11.6 Å². The van der Waals surface area contributed by atoms with Crippen molar-refractivity contribution < 1.29 is 14.0 Å². The highest BCUT2D eigenvalue weighted by atomic mass is 35.5. The van der Waals surface area contributed by atoms with E-state index in [9.17, 15) is 14.0 Å². The molecule has 0 aliphatic heterocycles. The van der Waals surface area contributed by atoms with Crippen LogP contribution in [-0.2, 0) is 4.79 Å². The molecule has 0 fully saturated rings. The first-order valence-electron chi connectivity index (χ1n) is 10.9. The van der Waals surface area contributed by atoms with Crippen molar-refractivity contribution >= 4 is 46.2 Å². The van der Waals surface area contributed by atoms with Gasteiger partial charge in [0.15, 0.2) is 0 Å². The highest BCUT2D eigenvalue weighted by molar-refractivity contribution is 7.14. The number of halogens is 3. The van der Waals surface area contributed by atoms with Crippen LogP contribution in [-0.4, -0.2) is 28.0 Å². The molecule has 1 atom stereocenters. The number of Topliss-reactive ketones (excluding diaryl/α,β-unsaturated/α-hetero) is 1. The molecule has 0 aliphatic carbocycles. The zero-order valence-electron chi connectivity index (χ0n) is 19.0. The van der Waals surface area contributed by atoms with E-state index in [1.165, 1.54) is 30.4 Å². The first kappa shape index (κ1) is 25.1. The normalized spacial score (nSPS) is 11.9. The summed E-state index contributed by atoms with van der Waals surface area (Å²) in [5.41, 5.74) is 3.00. The molecule has 1 amide bonds. The molecule has 9 heteroatoms. The molecule has 2 aromatic carbocycles. The quantitative estimate of drug-likeness (QED) is 0.266. The second kappa shape index (κ2) is 10.7. The average Bonchev–Trinajstić information content (AvgIpc) is 3.46. The summed E-state index contributed by atoms with van der Waals surface area (Å²) in [5.74, 6) is -0.522.